The SMILES string of the molecule is Cc1ccc(Cn2ccc(NS(=O)(=O)Cc3ccccc3)n2)cc1. The van der Waals surface area contributed by atoms with Gasteiger partial charge < -0.3 is 0 Å². The summed E-state index contributed by atoms with van der Waals surface area (Å²) in [4.78, 5) is 0. The smallest absolute Gasteiger partial charge is 0.238 e. The molecule has 1 aromatic heterocycles. The van der Waals surface area contributed by atoms with E-state index in [2.05, 4.69) is 9.82 Å². The number of sulfonamides is 1. The number of anilines is 1. The third-order valence-electron chi connectivity index (χ3n) is 3.57. The second kappa shape index (κ2) is 6.88. The zero-order chi connectivity index (χ0) is 17.0. The molecule has 0 fully saturated rings. The van der Waals surface area contributed by atoms with E-state index in [4.69, 9.17) is 0 Å². The average Bonchev–Trinajstić information content (AvgIpc) is 2.96. The van der Waals surface area contributed by atoms with Crippen molar-refractivity contribution in [2.24, 2.45) is 0 Å². The Hall–Kier alpha value is -2.60. The molecular weight excluding hydrogens is 322 g/mol. The maximum absolute atomic E-state index is 12.2. The molecule has 0 aliphatic rings. The average molecular weight is 341 g/mol. The lowest BCUT2D eigenvalue weighted by molar-refractivity contribution is 0.600. The number of rotatable bonds is 6. The van der Waals surface area contributed by atoms with Gasteiger partial charge in [0.1, 0.15) is 0 Å². The summed E-state index contributed by atoms with van der Waals surface area (Å²) in [6, 6.07) is 18.9. The van der Waals surface area contributed by atoms with Crippen LogP contribution >= 0.6 is 0 Å². The van der Waals surface area contributed by atoms with E-state index in [0.29, 0.717) is 12.4 Å². The lowest BCUT2D eigenvalue weighted by Gasteiger charge is -2.06. The van der Waals surface area contributed by atoms with Crippen molar-refractivity contribution in [3.05, 3.63) is 83.6 Å². The molecule has 1 heterocycles. The molecule has 0 saturated carbocycles. The van der Waals surface area contributed by atoms with Crippen LogP contribution in [0.25, 0.3) is 0 Å². The Morgan fingerprint density at radius 3 is 2.38 bits per heavy atom. The molecular formula is C18H19N3O2S. The van der Waals surface area contributed by atoms with Gasteiger partial charge in [0.05, 0.1) is 12.3 Å². The molecule has 0 bridgehead atoms. The fourth-order valence-corrected chi connectivity index (χ4v) is 3.50. The molecule has 0 atom stereocenters. The maximum atomic E-state index is 12.2. The molecule has 2 aromatic carbocycles. The number of hydrogen-bond donors (Lipinski definition) is 1. The van der Waals surface area contributed by atoms with Gasteiger partial charge in [-0.1, -0.05) is 60.2 Å². The van der Waals surface area contributed by atoms with Crippen LogP contribution < -0.4 is 4.72 Å². The first kappa shape index (κ1) is 16.3. The molecule has 0 unspecified atom stereocenters. The molecule has 24 heavy (non-hydrogen) atoms. The zero-order valence-corrected chi connectivity index (χ0v) is 14.2. The summed E-state index contributed by atoms with van der Waals surface area (Å²) in [5, 5.41) is 4.28. The molecule has 3 rings (SSSR count). The largest absolute Gasteiger partial charge is 0.266 e. The van der Waals surface area contributed by atoms with Crippen LogP contribution in [0.4, 0.5) is 5.82 Å². The minimum absolute atomic E-state index is 0.0708. The van der Waals surface area contributed by atoms with Gasteiger partial charge >= 0.3 is 0 Å². The molecule has 124 valence electrons. The van der Waals surface area contributed by atoms with Crippen LogP contribution in [0.5, 0.6) is 0 Å². The first-order valence-corrected chi connectivity index (χ1v) is 9.29. The second-order valence-corrected chi connectivity index (χ2v) is 7.45. The Bertz CT molecular complexity index is 901. The fraction of sp³-hybridized carbons (Fsp3) is 0.167. The van der Waals surface area contributed by atoms with Crippen LogP contribution in [-0.4, -0.2) is 18.2 Å². The van der Waals surface area contributed by atoms with E-state index in [1.54, 1.807) is 29.1 Å². The lowest BCUT2D eigenvalue weighted by Crippen LogP contribution is -2.15. The third kappa shape index (κ3) is 4.45. The molecule has 0 spiro atoms. The van der Waals surface area contributed by atoms with Gasteiger partial charge in [0, 0.05) is 12.3 Å². The number of nitrogens with one attached hydrogen (secondary N) is 1. The van der Waals surface area contributed by atoms with Gasteiger partial charge in [-0.15, -0.1) is 0 Å². The van der Waals surface area contributed by atoms with Gasteiger partial charge in [0.2, 0.25) is 10.0 Å². The third-order valence-corrected chi connectivity index (χ3v) is 4.80. The predicted octanol–water partition coefficient (Wildman–Crippen LogP) is 3.18. The summed E-state index contributed by atoms with van der Waals surface area (Å²) in [7, 11) is -3.48. The number of aryl methyl sites for hydroxylation is 1. The first-order chi connectivity index (χ1) is 11.5. The van der Waals surface area contributed by atoms with Gasteiger partial charge in [-0.3, -0.25) is 9.40 Å². The summed E-state index contributed by atoms with van der Waals surface area (Å²) in [6.45, 7) is 2.64. The van der Waals surface area contributed by atoms with Crippen LogP contribution in [0.2, 0.25) is 0 Å². The second-order valence-electron chi connectivity index (χ2n) is 5.73. The topological polar surface area (TPSA) is 64.0 Å². The van der Waals surface area contributed by atoms with Crippen molar-refractivity contribution in [3.63, 3.8) is 0 Å². The van der Waals surface area contributed by atoms with E-state index >= 15 is 0 Å². The minimum Gasteiger partial charge on any atom is -0.266 e. The summed E-state index contributed by atoms with van der Waals surface area (Å²) < 4.78 is 28.7. The van der Waals surface area contributed by atoms with Crippen LogP contribution in [0.3, 0.4) is 0 Å². The highest BCUT2D eigenvalue weighted by Gasteiger charge is 2.13. The van der Waals surface area contributed by atoms with E-state index in [1.165, 1.54) is 5.56 Å². The Labute approximate surface area is 142 Å². The van der Waals surface area contributed by atoms with Crippen molar-refractivity contribution in [3.8, 4) is 0 Å². The highest BCUT2D eigenvalue weighted by molar-refractivity contribution is 7.91. The maximum Gasteiger partial charge on any atom is 0.238 e. The van der Waals surface area contributed by atoms with Crippen LogP contribution in [0.15, 0.2) is 66.9 Å². The molecule has 0 saturated heterocycles. The highest BCUT2D eigenvalue weighted by atomic mass is 32.2. The molecule has 0 radical (unpaired) electrons. The Morgan fingerprint density at radius 2 is 1.67 bits per heavy atom. The van der Waals surface area contributed by atoms with Gasteiger partial charge in [-0.25, -0.2) is 8.42 Å². The molecule has 0 amide bonds. The van der Waals surface area contributed by atoms with Crippen molar-refractivity contribution in [2.75, 3.05) is 4.72 Å². The van der Waals surface area contributed by atoms with Crippen molar-refractivity contribution in [2.45, 2.75) is 19.2 Å². The van der Waals surface area contributed by atoms with Crippen LogP contribution in [-0.2, 0) is 22.3 Å². The van der Waals surface area contributed by atoms with Gasteiger partial charge in [0.25, 0.3) is 0 Å². The van der Waals surface area contributed by atoms with E-state index < -0.39 is 10.0 Å². The Balaban J connectivity index is 1.66. The van der Waals surface area contributed by atoms with Crippen molar-refractivity contribution >= 4 is 15.8 Å². The highest BCUT2D eigenvalue weighted by Crippen LogP contribution is 2.12. The van der Waals surface area contributed by atoms with Gasteiger partial charge in [-0.05, 0) is 18.1 Å². The van der Waals surface area contributed by atoms with Crippen LogP contribution in [0.1, 0.15) is 16.7 Å². The van der Waals surface area contributed by atoms with Gasteiger partial charge in [-0.2, -0.15) is 5.10 Å². The van der Waals surface area contributed by atoms with Crippen molar-refractivity contribution in [1.82, 2.24) is 9.78 Å². The Morgan fingerprint density at radius 1 is 0.958 bits per heavy atom. The van der Waals surface area contributed by atoms with E-state index in [-0.39, 0.29) is 5.75 Å². The fourth-order valence-electron chi connectivity index (χ4n) is 2.37. The summed E-state index contributed by atoms with van der Waals surface area (Å²) in [5.74, 6) is 0.261. The molecule has 6 heteroatoms. The molecule has 5 nitrogen and oxygen atoms in total. The Kier molecular flexibility index (Phi) is 4.66. The predicted molar refractivity (Wildman–Crippen MR) is 95.2 cm³/mol. The summed E-state index contributed by atoms with van der Waals surface area (Å²) in [5.41, 5.74) is 3.06. The van der Waals surface area contributed by atoms with Crippen molar-refractivity contribution in [1.29, 1.82) is 0 Å². The quantitative estimate of drug-likeness (QED) is 0.749. The van der Waals surface area contributed by atoms with Crippen LogP contribution in [0, 0.1) is 6.92 Å². The number of nitrogens with zero attached hydrogens (tertiary/aromatic N) is 2. The van der Waals surface area contributed by atoms with E-state index in [9.17, 15) is 8.42 Å². The van der Waals surface area contributed by atoms with E-state index in [0.717, 1.165) is 11.1 Å². The van der Waals surface area contributed by atoms with E-state index in [1.807, 2.05) is 49.4 Å². The molecule has 0 aliphatic carbocycles. The minimum atomic E-state index is -3.48. The number of hydrogen-bond acceptors (Lipinski definition) is 3. The molecule has 1 N–H and O–H groups in total. The normalized spacial score (nSPS) is 11.4. The molecule has 0 aliphatic heterocycles. The first-order valence-electron chi connectivity index (χ1n) is 7.64. The lowest BCUT2D eigenvalue weighted by atomic mass is 10.1. The zero-order valence-electron chi connectivity index (χ0n) is 13.4. The standard InChI is InChI=1S/C18H19N3O2S/c1-15-7-9-16(10-8-15)13-21-12-11-18(19-21)20-24(22,23)14-17-5-3-2-4-6-17/h2-12H,13-14H2,1H3,(H,19,20). The summed E-state index contributed by atoms with van der Waals surface area (Å²) >= 11 is 0. The monoisotopic (exact) mass is 341 g/mol. The number of benzene rings is 2. The van der Waals surface area contributed by atoms with Gasteiger partial charge in [0.15, 0.2) is 5.82 Å². The molecule has 3 aromatic rings. The van der Waals surface area contributed by atoms with Crippen molar-refractivity contribution < 1.29 is 8.42 Å². The number of aromatic nitrogens is 2. The summed E-state index contributed by atoms with van der Waals surface area (Å²) in [6.07, 6.45) is 1.76.